The molecule has 0 aliphatic carbocycles. The van der Waals surface area contributed by atoms with Gasteiger partial charge in [-0.25, -0.2) is 0 Å². The summed E-state index contributed by atoms with van der Waals surface area (Å²) in [6.07, 6.45) is 1.20. The molecule has 2 atom stereocenters. The van der Waals surface area contributed by atoms with Gasteiger partial charge in [-0.05, 0) is 30.4 Å². The van der Waals surface area contributed by atoms with Gasteiger partial charge in [-0.15, -0.1) is 0 Å². The number of nitrogens with one attached hydrogen (secondary N) is 1. The summed E-state index contributed by atoms with van der Waals surface area (Å²) < 4.78 is 0. The van der Waals surface area contributed by atoms with Gasteiger partial charge < -0.3 is 10.2 Å². The van der Waals surface area contributed by atoms with Crippen LogP contribution in [-0.4, -0.2) is 78.9 Å². The quantitative estimate of drug-likeness (QED) is 0.763. The Kier molecular flexibility index (Phi) is 7.79. The summed E-state index contributed by atoms with van der Waals surface area (Å²) in [5.74, 6) is 1.26. The lowest BCUT2D eigenvalue weighted by molar-refractivity contribution is -0.135. The highest BCUT2D eigenvalue weighted by Gasteiger charge is 2.27. The summed E-state index contributed by atoms with van der Waals surface area (Å²) in [5, 5.41) is 3.59. The van der Waals surface area contributed by atoms with Crippen LogP contribution in [0.15, 0.2) is 18.2 Å². The van der Waals surface area contributed by atoms with E-state index in [0.717, 1.165) is 39.3 Å². The van der Waals surface area contributed by atoms with Crippen molar-refractivity contribution in [1.29, 1.82) is 0 Å². The number of rotatable bonds is 5. The minimum Gasteiger partial charge on any atom is -0.341 e. The molecule has 0 aromatic heterocycles. The number of piperazine rings is 1. The zero-order chi connectivity index (χ0) is 21.0. The first-order valence-electron chi connectivity index (χ1n) is 10.3. The van der Waals surface area contributed by atoms with Crippen molar-refractivity contribution >= 4 is 40.7 Å². The monoisotopic (exact) mass is 440 g/mol. The van der Waals surface area contributed by atoms with E-state index in [4.69, 9.17) is 23.2 Å². The van der Waals surface area contributed by atoms with Gasteiger partial charge in [0.25, 0.3) is 0 Å². The lowest BCUT2D eigenvalue weighted by Crippen LogP contribution is -2.52. The van der Waals surface area contributed by atoms with Gasteiger partial charge in [0.2, 0.25) is 11.8 Å². The summed E-state index contributed by atoms with van der Waals surface area (Å²) in [5.41, 5.74) is 0.526. The van der Waals surface area contributed by atoms with Gasteiger partial charge in [0, 0.05) is 39.3 Å². The molecule has 0 saturated carbocycles. The average Bonchev–Trinajstić information content (AvgIpc) is 2.66. The number of anilines is 1. The third-order valence-corrected chi connectivity index (χ3v) is 6.46. The maximum absolute atomic E-state index is 12.7. The third kappa shape index (κ3) is 6.32. The van der Waals surface area contributed by atoms with Gasteiger partial charge in [-0.1, -0.05) is 43.1 Å². The average molecular weight is 441 g/mol. The van der Waals surface area contributed by atoms with Crippen molar-refractivity contribution in [2.75, 3.05) is 57.7 Å². The highest BCUT2D eigenvalue weighted by Crippen LogP contribution is 2.29. The molecule has 0 spiro atoms. The molecule has 2 amide bonds. The molecule has 2 aliphatic rings. The highest BCUT2D eigenvalue weighted by atomic mass is 35.5. The van der Waals surface area contributed by atoms with Crippen LogP contribution in [0, 0.1) is 11.8 Å². The van der Waals surface area contributed by atoms with Gasteiger partial charge >= 0.3 is 0 Å². The lowest BCUT2D eigenvalue weighted by Gasteiger charge is -2.38. The molecule has 2 aliphatic heterocycles. The Morgan fingerprint density at radius 3 is 2.21 bits per heavy atom. The Balaban J connectivity index is 1.41. The van der Waals surface area contributed by atoms with Crippen molar-refractivity contribution < 1.29 is 9.59 Å². The Morgan fingerprint density at radius 2 is 1.59 bits per heavy atom. The Bertz CT molecular complexity index is 727. The number of carbonyl (C=O) groups excluding carboxylic acids is 2. The number of carbonyl (C=O) groups is 2. The molecule has 0 unspecified atom stereocenters. The molecule has 8 heteroatoms. The van der Waals surface area contributed by atoms with Crippen molar-refractivity contribution in [3.05, 3.63) is 28.2 Å². The number of amides is 2. The number of benzene rings is 1. The zero-order valence-electron chi connectivity index (χ0n) is 17.2. The largest absolute Gasteiger partial charge is 0.341 e. The van der Waals surface area contributed by atoms with Gasteiger partial charge in [0.15, 0.2) is 0 Å². The molecule has 3 rings (SSSR count). The second-order valence-electron chi connectivity index (χ2n) is 8.45. The summed E-state index contributed by atoms with van der Waals surface area (Å²) >= 11 is 12.1. The van der Waals surface area contributed by atoms with Gasteiger partial charge in [0.1, 0.15) is 0 Å². The molecule has 29 heavy (non-hydrogen) atoms. The summed E-state index contributed by atoms with van der Waals surface area (Å²) in [6, 6.07) is 5.17. The first kappa shape index (κ1) is 22.3. The molecule has 2 fully saturated rings. The van der Waals surface area contributed by atoms with Crippen molar-refractivity contribution in [1.82, 2.24) is 14.7 Å². The molecule has 1 aromatic carbocycles. The molecule has 2 saturated heterocycles. The lowest BCUT2D eigenvalue weighted by atomic mass is 9.92. The number of likely N-dealkylation sites (tertiary alicyclic amines) is 1. The second kappa shape index (κ2) is 10.1. The first-order valence-corrected chi connectivity index (χ1v) is 11.0. The van der Waals surface area contributed by atoms with Crippen LogP contribution in [0.5, 0.6) is 0 Å². The van der Waals surface area contributed by atoms with E-state index in [1.165, 1.54) is 6.42 Å². The van der Waals surface area contributed by atoms with E-state index in [2.05, 4.69) is 29.0 Å². The van der Waals surface area contributed by atoms with Crippen LogP contribution in [0.4, 0.5) is 5.69 Å². The maximum atomic E-state index is 12.7. The fraction of sp³-hybridized carbons (Fsp3) is 0.619. The smallest absolute Gasteiger partial charge is 0.238 e. The molecule has 2 heterocycles. The highest BCUT2D eigenvalue weighted by molar-refractivity contribution is 6.44. The van der Waals surface area contributed by atoms with Crippen LogP contribution in [0.25, 0.3) is 0 Å². The molecule has 0 radical (unpaired) electrons. The normalized spacial score (nSPS) is 23.8. The topological polar surface area (TPSA) is 55.9 Å². The van der Waals surface area contributed by atoms with Crippen LogP contribution in [0.3, 0.4) is 0 Å². The van der Waals surface area contributed by atoms with Crippen molar-refractivity contribution in [3.8, 4) is 0 Å². The summed E-state index contributed by atoms with van der Waals surface area (Å²) in [4.78, 5) is 31.3. The Hall–Kier alpha value is -1.34. The Labute approximate surface area is 183 Å². The molecule has 6 nitrogen and oxygen atoms in total. The van der Waals surface area contributed by atoms with Gasteiger partial charge in [-0.2, -0.15) is 0 Å². The molecule has 1 aromatic rings. The number of halogens is 2. The third-order valence-electron chi connectivity index (χ3n) is 5.64. The van der Waals surface area contributed by atoms with Crippen LogP contribution >= 0.6 is 23.2 Å². The van der Waals surface area contributed by atoms with Crippen LogP contribution in [-0.2, 0) is 9.59 Å². The van der Waals surface area contributed by atoms with Crippen molar-refractivity contribution in [2.24, 2.45) is 11.8 Å². The first-order chi connectivity index (χ1) is 13.8. The summed E-state index contributed by atoms with van der Waals surface area (Å²) in [6.45, 7) is 10.0. The minimum atomic E-state index is -0.116. The van der Waals surface area contributed by atoms with E-state index in [1.807, 2.05) is 4.90 Å². The van der Waals surface area contributed by atoms with Crippen molar-refractivity contribution in [3.63, 3.8) is 0 Å². The minimum absolute atomic E-state index is 0.116. The molecular weight excluding hydrogens is 411 g/mol. The summed E-state index contributed by atoms with van der Waals surface area (Å²) in [7, 11) is 0. The number of piperidine rings is 1. The van der Waals surface area contributed by atoms with Gasteiger partial charge in [-0.3, -0.25) is 19.4 Å². The van der Waals surface area contributed by atoms with Crippen LogP contribution in [0.1, 0.15) is 20.3 Å². The number of hydrogen-bond acceptors (Lipinski definition) is 4. The van der Waals surface area contributed by atoms with Crippen LogP contribution in [0.2, 0.25) is 10.0 Å². The fourth-order valence-corrected chi connectivity index (χ4v) is 4.60. The molecular formula is C21H30Cl2N4O2. The number of nitrogens with zero attached hydrogens (tertiary/aromatic N) is 3. The van der Waals surface area contributed by atoms with E-state index in [-0.39, 0.29) is 11.8 Å². The SMILES string of the molecule is C[C@@H]1C[C@@H](C)CN(C(=O)CN2CCN(CC(=O)Nc3cccc(Cl)c3Cl)CC2)C1. The fourth-order valence-electron chi connectivity index (χ4n) is 4.26. The van der Waals surface area contributed by atoms with E-state index < -0.39 is 0 Å². The predicted molar refractivity (Wildman–Crippen MR) is 117 cm³/mol. The molecule has 0 bridgehead atoms. The molecule has 1 N–H and O–H groups in total. The van der Waals surface area contributed by atoms with E-state index in [9.17, 15) is 9.59 Å². The Morgan fingerprint density at radius 1 is 1.00 bits per heavy atom. The van der Waals surface area contributed by atoms with Crippen LogP contribution < -0.4 is 5.32 Å². The number of hydrogen-bond donors (Lipinski definition) is 1. The van der Waals surface area contributed by atoms with E-state index in [0.29, 0.717) is 40.7 Å². The standard InChI is InChI=1S/C21H30Cl2N4O2/c1-15-10-16(2)12-27(11-15)20(29)14-26-8-6-25(7-9-26)13-19(28)24-18-5-3-4-17(22)21(18)23/h3-5,15-16H,6-14H2,1-2H3,(H,24,28)/t15-,16-/m1/s1. The maximum Gasteiger partial charge on any atom is 0.238 e. The zero-order valence-corrected chi connectivity index (χ0v) is 18.7. The van der Waals surface area contributed by atoms with Crippen molar-refractivity contribution in [2.45, 2.75) is 20.3 Å². The van der Waals surface area contributed by atoms with Gasteiger partial charge in [0.05, 0.1) is 28.8 Å². The van der Waals surface area contributed by atoms with E-state index in [1.54, 1.807) is 18.2 Å². The predicted octanol–water partition coefficient (Wildman–Crippen LogP) is 3.05. The molecule has 160 valence electrons. The van der Waals surface area contributed by atoms with E-state index >= 15 is 0 Å². The second-order valence-corrected chi connectivity index (χ2v) is 9.23.